The van der Waals surface area contributed by atoms with E-state index in [-0.39, 0.29) is 51.9 Å². The molecule has 2 unspecified atom stereocenters. The summed E-state index contributed by atoms with van der Waals surface area (Å²) in [7, 11) is -7.44. The molecule has 7 nitrogen and oxygen atoms in total. The molecule has 13 heteroatoms. The van der Waals surface area contributed by atoms with Gasteiger partial charge < -0.3 is 5.32 Å². The summed E-state index contributed by atoms with van der Waals surface area (Å²) in [6.07, 6.45) is 2.95. The molecule has 2 aromatic carbocycles. The van der Waals surface area contributed by atoms with Crippen molar-refractivity contribution in [1.82, 2.24) is 4.72 Å². The van der Waals surface area contributed by atoms with E-state index in [9.17, 15) is 34.8 Å². The molecular formula is C22H22ClF3N2O5S2. The van der Waals surface area contributed by atoms with Crippen LogP contribution in [0.25, 0.3) is 0 Å². The molecule has 0 spiro atoms. The third-order valence-corrected chi connectivity index (χ3v) is 9.94. The van der Waals surface area contributed by atoms with Crippen LogP contribution >= 0.6 is 11.6 Å². The summed E-state index contributed by atoms with van der Waals surface area (Å²) in [6, 6.07) is 4.46. The second-order valence-electron chi connectivity index (χ2n) is 9.00. The lowest BCUT2D eigenvalue weighted by Crippen LogP contribution is -2.47. The minimum Gasteiger partial charge on any atom is -0.322 e. The van der Waals surface area contributed by atoms with Crippen molar-refractivity contribution in [2.24, 2.45) is 11.8 Å². The Hall–Kier alpha value is -2.15. The maximum absolute atomic E-state index is 13.5. The summed E-state index contributed by atoms with van der Waals surface area (Å²) in [5, 5.41) is 1.30. The Labute approximate surface area is 206 Å². The van der Waals surface area contributed by atoms with Crippen LogP contribution < -0.4 is 10.0 Å². The van der Waals surface area contributed by atoms with Crippen LogP contribution in [0.3, 0.4) is 0 Å². The number of amides is 1. The van der Waals surface area contributed by atoms with Crippen LogP contribution in [0.2, 0.25) is 5.02 Å². The normalized spacial score (nSPS) is 24.4. The second kappa shape index (κ2) is 9.38. The molecule has 2 N–H and O–H groups in total. The van der Waals surface area contributed by atoms with E-state index < -0.39 is 48.5 Å². The fourth-order valence-corrected chi connectivity index (χ4v) is 8.35. The predicted molar refractivity (Wildman–Crippen MR) is 124 cm³/mol. The molecule has 0 radical (unpaired) electrons. The van der Waals surface area contributed by atoms with Crippen molar-refractivity contribution in [3.05, 3.63) is 58.4 Å². The molecule has 2 saturated carbocycles. The van der Waals surface area contributed by atoms with E-state index in [1.54, 1.807) is 0 Å². The van der Waals surface area contributed by atoms with Gasteiger partial charge in [0, 0.05) is 29.4 Å². The van der Waals surface area contributed by atoms with Crippen molar-refractivity contribution < 1.29 is 34.8 Å². The molecule has 0 aliphatic heterocycles. The minimum atomic E-state index is -3.99. The maximum Gasteiger partial charge on any atom is 0.255 e. The summed E-state index contributed by atoms with van der Waals surface area (Å²) >= 11 is 6.18. The molecule has 2 aliphatic rings. The van der Waals surface area contributed by atoms with Crippen molar-refractivity contribution in [3.63, 3.8) is 0 Å². The van der Waals surface area contributed by atoms with Gasteiger partial charge in [-0.2, -0.15) is 0 Å². The van der Waals surface area contributed by atoms with Crippen molar-refractivity contribution in [2.45, 2.75) is 41.9 Å². The highest BCUT2D eigenvalue weighted by molar-refractivity contribution is 7.92. The van der Waals surface area contributed by atoms with E-state index in [1.165, 1.54) is 12.1 Å². The summed E-state index contributed by atoms with van der Waals surface area (Å²) in [6.45, 7) is 0. The molecule has 35 heavy (non-hydrogen) atoms. The predicted octanol–water partition coefficient (Wildman–Crippen LogP) is 3.89. The maximum atomic E-state index is 13.5. The number of rotatable bonds is 6. The third-order valence-electron chi connectivity index (χ3n) is 6.59. The van der Waals surface area contributed by atoms with E-state index in [0.29, 0.717) is 25.0 Å². The van der Waals surface area contributed by atoms with Crippen molar-refractivity contribution >= 4 is 43.1 Å². The van der Waals surface area contributed by atoms with Crippen LogP contribution in [0, 0.1) is 29.3 Å². The number of halogens is 4. The Morgan fingerprint density at radius 2 is 1.54 bits per heavy atom. The Morgan fingerprint density at radius 1 is 0.971 bits per heavy atom. The zero-order chi connectivity index (χ0) is 25.7. The molecule has 0 aromatic heterocycles. The fourth-order valence-electron chi connectivity index (χ4n) is 5.04. The van der Waals surface area contributed by atoms with Gasteiger partial charge in [-0.15, -0.1) is 0 Å². The highest BCUT2D eigenvalue weighted by atomic mass is 35.5. The van der Waals surface area contributed by atoms with E-state index in [1.807, 2.05) is 0 Å². The molecule has 2 aliphatic carbocycles. The van der Waals surface area contributed by atoms with Gasteiger partial charge in [0.15, 0.2) is 27.3 Å². The minimum absolute atomic E-state index is 0.0934. The average molecular weight is 551 g/mol. The van der Waals surface area contributed by atoms with Gasteiger partial charge >= 0.3 is 0 Å². The molecule has 4 rings (SSSR count). The van der Waals surface area contributed by atoms with Crippen LogP contribution in [-0.2, 0) is 19.9 Å². The van der Waals surface area contributed by atoms with Gasteiger partial charge in [-0.05, 0) is 55.7 Å². The molecule has 1 amide bonds. The molecule has 2 atom stereocenters. The lowest BCUT2D eigenvalue weighted by atomic mass is 9.84. The summed E-state index contributed by atoms with van der Waals surface area (Å²) in [5.74, 6) is -5.82. The molecule has 2 aromatic rings. The lowest BCUT2D eigenvalue weighted by Gasteiger charge is -2.35. The van der Waals surface area contributed by atoms with Gasteiger partial charge in [0.25, 0.3) is 5.91 Å². The van der Waals surface area contributed by atoms with E-state index in [0.717, 1.165) is 12.3 Å². The number of sulfone groups is 1. The SMILES string of the molecule is CS(=O)(=O)N[C@H]1C2CCC1C[C@@H](S(=O)(=O)c1cc(C(=O)Nc3cc(F)c(F)c(F)c3)ccc1Cl)C2. The number of anilines is 1. The van der Waals surface area contributed by atoms with Crippen molar-refractivity contribution in [3.8, 4) is 0 Å². The third kappa shape index (κ3) is 5.35. The second-order valence-corrected chi connectivity index (χ2v) is 13.4. The first-order valence-electron chi connectivity index (χ1n) is 10.7. The molecular weight excluding hydrogens is 529 g/mol. The highest BCUT2D eigenvalue weighted by Crippen LogP contribution is 2.46. The monoisotopic (exact) mass is 550 g/mol. The van der Waals surface area contributed by atoms with E-state index in [4.69, 9.17) is 11.6 Å². The standard InChI is InChI=1S/C22H22ClF3N2O5S2/c1-34(30,31)28-21-11-2-3-12(21)7-15(6-11)35(32,33)19-8-13(4-5-16(19)23)22(29)27-14-9-17(24)20(26)18(25)10-14/h4-5,8-12,15,21,28H,2-3,6-7H2,1H3,(H,27,29)/t11?,12?,15-,21-. The quantitative estimate of drug-likeness (QED) is 0.530. The average Bonchev–Trinajstić information content (AvgIpc) is 2.97. The molecule has 0 heterocycles. The molecule has 2 fully saturated rings. The van der Waals surface area contributed by atoms with Crippen molar-refractivity contribution in [2.75, 3.05) is 11.6 Å². The van der Waals surface area contributed by atoms with Crippen molar-refractivity contribution in [1.29, 1.82) is 0 Å². The number of hydrogen-bond donors (Lipinski definition) is 2. The molecule has 190 valence electrons. The van der Waals surface area contributed by atoms with Gasteiger partial charge in [0.05, 0.1) is 21.4 Å². The fraction of sp³-hybridized carbons (Fsp3) is 0.409. The number of sulfonamides is 1. The number of fused-ring (bicyclic) bond motifs is 2. The topological polar surface area (TPSA) is 109 Å². The Balaban J connectivity index is 1.57. The Morgan fingerprint density at radius 3 is 2.09 bits per heavy atom. The van der Waals surface area contributed by atoms with Crippen LogP contribution in [0.1, 0.15) is 36.0 Å². The first kappa shape index (κ1) is 25.9. The summed E-state index contributed by atoms with van der Waals surface area (Å²) in [5.41, 5.74) is -0.479. The summed E-state index contributed by atoms with van der Waals surface area (Å²) < 4.78 is 93.1. The number of benzene rings is 2. The van der Waals surface area contributed by atoms with Gasteiger partial charge in [-0.3, -0.25) is 4.79 Å². The van der Waals surface area contributed by atoms with Crippen LogP contribution in [0.15, 0.2) is 35.2 Å². The summed E-state index contributed by atoms with van der Waals surface area (Å²) in [4.78, 5) is 12.4. The van der Waals surface area contributed by atoms with Crippen LogP contribution in [0.5, 0.6) is 0 Å². The Bertz CT molecular complexity index is 1360. The lowest BCUT2D eigenvalue weighted by molar-refractivity contribution is 0.102. The highest BCUT2D eigenvalue weighted by Gasteiger charge is 2.48. The smallest absolute Gasteiger partial charge is 0.255 e. The van der Waals surface area contributed by atoms with Gasteiger partial charge in [0.1, 0.15) is 0 Å². The zero-order valence-corrected chi connectivity index (χ0v) is 20.8. The Kier molecular flexibility index (Phi) is 6.95. The van der Waals surface area contributed by atoms with Gasteiger partial charge in [-0.25, -0.2) is 34.7 Å². The molecule has 0 saturated heterocycles. The van der Waals surface area contributed by atoms with Gasteiger partial charge in [-0.1, -0.05) is 11.6 Å². The van der Waals surface area contributed by atoms with Crippen LogP contribution in [-0.4, -0.2) is 40.3 Å². The van der Waals surface area contributed by atoms with E-state index in [2.05, 4.69) is 10.0 Å². The first-order chi connectivity index (χ1) is 16.3. The molecule has 2 bridgehead atoms. The zero-order valence-electron chi connectivity index (χ0n) is 18.4. The number of carbonyl (C=O) groups excluding carboxylic acids is 1. The largest absolute Gasteiger partial charge is 0.322 e. The number of hydrogen-bond acceptors (Lipinski definition) is 5. The number of nitrogens with one attached hydrogen (secondary N) is 2. The first-order valence-corrected chi connectivity index (χ1v) is 14.5. The van der Waals surface area contributed by atoms with Crippen LogP contribution in [0.4, 0.5) is 18.9 Å². The number of carbonyl (C=O) groups is 1. The van der Waals surface area contributed by atoms with Gasteiger partial charge in [0.2, 0.25) is 10.0 Å². The van der Waals surface area contributed by atoms with E-state index >= 15 is 0 Å².